The Kier molecular flexibility index (Phi) is 3.44. The molecule has 0 unspecified atom stereocenters. The van der Waals surface area contributed by atoms with Gasteiger partial charge in [-0.15, -0.1) is 0 Å². The van der Waals surface area contributed by atoms with Crippen LogP contribution in [-0.4, -0.2) is 18.6 Å². The Morgan fingerprint density at radius 3 is 2.60 bits per heavy atom. The average Bonchev–Trinajstić information content (AvgIpc) is 2.93. The van der Waals surface area contributed by atoms with E-state index in [2.05, 4.69) is 47.2 Å². The highest BCUT2D eigenvalue weighted by molar-refractivity contribution is 5.84. The number of para-hydroxylation sites is 2. The number of benzene rings is 2. The van der Waals surface area contributed by atoms with Crippen LogP contribution in [0.15, 0.2) is 54.7 Å². The highest BCUT2D eigenvalue weighted by atomic mass is 16.5. The van der Waals surface area contributed by atoms with Gasteiger partial charge >= 0.3 is 0 Å². The summed E-state index contributed by atoms with van der Waals surface area (Å²) in [6, 6.07) is 16.5. The highest BCUT2D eigenvalue weighted by Gasteiger charge is 2.21. The molecule has 0 saturated carbocycles. The van der Waals surface area contributed by atoms with Gasteiger partial charge in [0.2, 0.25) is 0 Å². The largest absolute Gasteiger partial charge is 0.496 e. The molecule has 20 heavy (non-hydrogen) atoms. The van der Waals surface area contributed by atoms with Gasteiger partial charge in [-0.2, -0.15) is 0 Å². The summed E-state index contributed by atoms with van der Waals surface area (Å²) in [6.45, 7) is 0.794. The van der Waals surface area contributed by atoms with Gasteiger partial charge in [0.25, 0.3) is 0 Å². The molecular weight excluding hydrogens is 248 g/mol. The molecule has 0 spiro atoms. The monoisotopic (exact) mass is 267 g/mol. The van der Waals surface area contributed by atoms with Gasteiger partial charge in [-0.05, 0) is 17.7 Å². The fraction of sp³-hybridized carbons (Fsp3) is 0.176. The third-order valence-electron chi connectivity index (χ3n) is 3.80. The van der Waals surface area contributed by atoms with Gasteiger partial charge in [-0.1, -0.05) is 36.4 Å². The van der Waals surface area contributed by atoms with E-state index in [0.717, 1.165) is 17.8 Å². The van der Waals surface area contributed by atoms with E-state index in [1.165, 1.54) is 16.5 Å². The second kappa shape index (κ2) is 5.39. The zero-order valence-electron chi connectivity index (χ0n) is 11.6. The second-order valence-electron chi connectivity index (χ2n) is 4.87. The first-order valence-corrected chi connectivity index (χ1v) is 6.83. The van der Waals surface area contributed by atoms with E-state index in [0.29, 0.717) is 0 Å². The summed E-state index contributed by atoms with van der Waals surface area (Å²) in [4.78, 5) is 3.34. The molecule has 0 bridgehead atoms. The molecule has 0 aliphatic rings. The van der Waals surface area contributed by atoms with Gasteiger partial charge in [0.05, 0.1) is 19.6 Å². The first-order valence-electron chi connectivity index (χ1n) is 6.83. The summed E-state index contributed by atoms with van der Waals surface area (Å²) in [5.74, 6) is 1.16. The maximum absolute atomic E-state index is 5.50. The second-order valence-corrected chi connectivity index (χ2v) is 4.87. The van der Waals surface area contributed by atoms with Gasteiger partial charge in [0, 0.05) is 22.7 Å². The molecule has 0 aliphatic heterocycles. The van der Waals surface area contributed by atoms with Crippen LogP contribution >= 0.6 is 0 Å². The Morgan fingerprint density at radius 2 is 1.80 bits per heavy atom. The molecule has 3 nitrogen and oxygen atoms in total. The minimum absolute atomic E-state index is 0.238. The minimum atomic E-state index is 0.238. The van der Waals surface area contributed by atoms with E-state index < -0.39 is 0 Å². The molecule has 3 heteroatoms. The molecule has 4 N–H and O–H groups in total. The van der Waals surface area contributed by atoms with Crippen molar-refractivity contribution < 1.29 is 10.5 Å². The molecule has 0 radical (unpaired) electrons. The van der Waals surface area contributed by atoms with Crippen molar-refractivity contribution in [3.8, 4) is 5.75 Å². The highest BCUT2D eigenvalue weighted by Crippen LogP contribution is 2.34. The number of hydrogen-bond acceptors (Lipinski definition) is 1. The summed E-state index contributed by atoms with van der Waals surface area (Å²) in [5, 5.41) is 1.26. The van der Waals surface area contributed by atoms with Crippen molar-refractivity contribution in [3.05, 3.63) is 65.9 Å². The molecule has 1 heterocycles. The van der Waals surface area contributed by atoms with Crippen LogP contribution in [0.25, 0.3) is 10.9 Å². The molecule has 102 valence electrons. The zero-order valence-corrected chi connectivity index (χ0v) is 11.6. The predicted octanol–water partition coefficient (Wildman–Crippen LogP) is 2.55. The molecule has 0 saturated heterocycles. The van der Waals surface area contributed by atoms with Gasteiger partial charge < -0.3 is 15.5 Å². The number of aromatic nitrogens is 1. The maximum atomic E-state index is 5.50. The summed E-state index contributed by atoms with van der Waals surface area (Å²) >= 11 is 0. The van der Waals surface area contributed by atoms with E-state index in [1.807, 2.05) is 18.2 Å². The first kappa shape index (κ1) is 12.8. The van der Waals surface area contributed by atoms with Gasteiger partial charge in [0.15, 0.2) is 0 Å². The average molecular weight is 267 g/mol. The lowest BCUT2D eigenvalue weighted by atomic mass is 9.90. The third-order valence-corrected chi connectivity index (χ3v) is 3.80. The van der Waals surface area contributed by atoms with Crippen LogP contribution in [-0.2, 0) is 0 Å². The zero-order chi connectivity index (χ0) is 13.9. The van der Waals surface area contributed by atoms with E-state index in [4.69, 9.17) is 4.74 Å². The normalized spacial score (nSPS) is 12.5. The summed E-state index contributed by atoms with van der Waals surface area (Å²) in [7, 11) is 1.72. The molecule has 1 aromatic heterocycles. The summed E-state index contributed by atoms with van der Waals surface area (Å²) in [5.41, 5.74) is 7.76. The standard InChI is InChI=1S/C17H18N2O/c1-20-17-9-5-3-7-13(17)14(10-18)15-11-19-16-8-4-2-6-12(15)16/h2-9,11,14,19H,10,18H2,1H3/p+1/t14-/m1/s1. The quantitative estimate of drug-likeness (QED) is 0.750. The van der Waals surface area contributed by atoms with Crippen molar-refractivity contribution in [3.63, 3.8) is 0 Å². The number of hydrogen-bond donors (Lipinski definition) is 2. The van der Waals surface area contributed by atoms with E-state index >= 15 is 0 Å². The lowest BCUT2D eigenvalue weighted by Crippen LogP contribution is -2.53. The van der Waals surface area contributed by atoms with Crippen LogP contribution in [0.3, 0.4) is 0 Å². The Hall–Kier alpha value is -2.26. The van der Waals surface area contributed by atoms with Crippen LogP contribution in [0.5, 0.6) is 5.75 Å². The fourth-order valence-corrected chi connectivity index (χ4v) is 2.82. The fourth-order valence-electron chi connectivity index (χ4n) is 2.82. The van der Waals surface area contributed by atoms with Crippen molar-refractivity contribution in [1.29, 1.82) is 0 Å². The van der Waals surface area contributed by atoms with E-state index in [1.54, 1.807) is 7.11 Å². The lowest BCUT2D eigenvalue weighted by Gasteiger charge is -2.16. The third kappa shape index (κ3) is 2.06. The number of quaternary nitrogens is 1. The SMILES string of the molecule is COc1ccccc1[C@@H](C[NH3+])c1c[nH]c2ccccc12. The summed E-state index contributed by atoms with van der Waals surface area (Å²) < 4.78 is 5.50. The van der Waals surface area contributed by atoms with Gasteiger partial charge in [-0.3, -0.25) is 0 Å². The Bertz CT molecular complexity index is 718. The number of H-pyrrole nitrogens is 1. The lowest BCUT2D eigenvalue weighted by molar-refractivity contribution is -0.370. The molecular formula is C17H19N2O+. The number of fused-ring (bicyclic) bond motifs is 1. The maximum Gasteiger partial charge on any atom is 0.122 e. The molecule has 0 amide bonds. The van der Waals surface area contributed by atoms with Crippen molar-refractivity contribution in [2.45, 2.75) is 5.92 Å². The van der Waals surface area contributed by atoms with Gasteiger partial charge in [-0.25, -0.2) is 0 Å². The Morgan fingerprint density at radius 1 is 1.05 bits per heavy atom. The molecule has 2 aromatic carbocycles. The van der Waals surface area contributed by atoms with Crippen LogP contribution in [0.4, 0.5) is 0 Å². The van der Waals surface area contributed by atoms with Crippen molar-refractivity contribution in [2.75, 3.05) is 13.7 Å². The number of rotatable bonds is 4. The Labute approximate surface area is 118 Å². The minimum Gasteiger partial charge on any atom is -0.496 e. The van der Waals surface area contributed by atoms with Crippen LogP contribution in [0.2, 0.25) is 0 Å². The van der Waals surface area contributed by atoms with Crippen LogP contribution in [0, 0.1) is 0 Å². The molecule has 1 atom stereocenters. The molecule has 3 rings (SSSR count). The van der Waals surface area contributed by atoms with Crippen LogP contribution < -0.4 is 10.5 Å². The van der Waals surface area contributed by atoms with Crippen molar-refractivity contribution in [2.24, 2.45) is 0 Å². The topological polar surface area (TPSA) is 52.7 Å². The smallest absolute Gasteiger partial charge is 0.122 e. The molecule has 0 aliphatic carbocycles. The van der Waals surface area contributed by atoms with Gasteiger partial charge in [0.1, 0.15) is 5.75 Å². The van der Waals surface area contributed by atoms with E-state index in [-0.39, 0.29) is 5.92 Å². The first-order chi connectivity index (χ1) is 9.85. The molecule has 3 aromatic rings. The summed E-state index contributed by atoms with van der Waals surface area (Å²) in [6.07, 6.45) is 2.09. The Balaban J connectivity index is 2.14. The van der Waals surface area contributed by atoms with E-state index in [9.17, 15) is 0 Å². The number of ether oxygens (including phenoxy) is 1. The predicted molar refractivity (Wildman–Crippen MR) is 80.9 cm³/mol. The number of aromatic amines is 1. The molecule has 0 fully saturated rings. The number of methoxy groups -OCH3 is 1. The van der Waals surface area contributed by atoms with Crippen molar-refractivity contribution in [1.82, 2.24) is 4.98 Å². The number of nitrogens with one attached hydrogen (secondary N) is 1. The van der Waals surface area contributed by atoms with Crippen LogP contribution in [0.1, 0.15) is 17.0 Å². The van der Waals surface area contributed by atoms with Crippen molar-refractivity contribution >= 4 is 10.9 Å².